The van der Waals surface area contributed by atoms with Gasteiger partial charge in [0.2, 0.25) is 0 Å². The van der Waals surface area contributed by atoms with Crippen molar-refractivity contribution in [2.75, 3.05) is 46.8 Å². The van der Waals surface area contributed by atoms with Crippen molar-refractivity contribution in [1.82, 2.24) is 15.1 Å². The number of rotatable bonds is 2. The number of nitrogens with zero attached hydrogens (tertiary/aromatic N) is 3. The van der Waals surface area contributed by atoms with Crippen LogP contribution in [0.1, 0.15) is 38.5 Å². The summed E-state index contributed by atoms with van der Waals surface area (Å²) in [6.07, 6.45) is 8.41. The molecule has 3 aliphatic rings. The van der Waals surface area contributed by atoms with Crippen molar-refractivity contribution in [2.24, 2.45) is 22.7 Å². The summed E-state index contributed by atoms with van der Waals surface area (Å²) in [6.45, 7) is 6.07. The fourth-order valence-electron chi connectivity index (χ4n) is 4.41. The van der Waals surface area contributed by atoms with Gasteiger partial charge in [0.25, 0.3) is 0 Å². The second-order valence-corrected chi connectivity index (χ2v) is 7.38. The molecule has 0 aromatic heterocycles. The Labute approximate surface area is 130 Å². The summed E-state index contributed by atoms with van der Waals surface area (Å²) in [4.78, 5) is 9.51. The molecule has 3 rings (SSSR count). The van der Waals surface area contributed by atoms with E-state index in [0.29, 0.717) is 0 Å². The molecule has 21 heavy (non-hydrogen) atoms. The molecule has 4 nitrogen and oxygen atoms in total. The van der Waals surface area contributed by atoms with E-state index in [4.69, 9.17) is 0 Å². The smallest absolute Gasteiger partial charge is 0.193 e. The van der Waals surface area contributed by atoms with Gasteiger partial charge in [-0.05, 0) is 63.6 Å². The van der Waals surface area contributed by atoms with Gasteiger partial charge in [-0.1, -0.05) is 12.8 Å². The maximum Gasteiger partial charge on any atom is 0.193 e. The lowest BCUT2D eigenvalue weighted by Crippen LogP contribution is -2.44. The fraction of sp³-hybridized carbons (Fsp3) is 0.941. The fourth-order valence-corrected chi connectivity index (χ4v) is 4.41. The largest absolute Gasteiger partial charge is 0.356 e. The lowest BCUT2D eigenvalue weighted by molar-refractivity contribution is 0.219. The number of hydrogen-bond acceptors (Lipinski definition) is 2. The zero-order valence-corrected chi connectivity index (χ0v) is 13.9. The van der Waals surface area contributed by atoms with E-state index in [2.05, 4.69) is 27.2 Å². The second-order valence-electron chi connectivity index (χ2n) is 7.38. The first-order chi connectivity index (χ1) is 10.3. The normalized spacial score (nSPS) is 32.3. The molecular formula is C17H32N4. The van der Waals surface area contributed by atoms with Crippen LogP contribution in [0.4, 0.5) is 0 Å². The number of guanidine groups is 1. The average Bonchev–Trinajstić information content (AvgIpc) is 2.93. The summed E-state index contributed by atoms with van der Waals surface area (Å²) in [6, 6.07) is 0. The van der Waals surface area contributed by atoms with Crippen LogP contribution in [0.5, 0.6) is 0 Å². The lowest BCUT2D eigenvalue weighted by atomic mass is 9.82. The van der Waals surface area contributed by atoms with E-state index in [1.54, 1.807) is 0 Å². The molecule has 0 radical (unpaired) electrons. The first-order valence-corrected chi connectivity index (χ1v) is 8.90. The van der Waals surface area contributed by atoms with Crippen molar-refractivity contribution < 1.29 is 0 Å². The zero-order chi connectivity index (χ0) is 14.7. The SMILES string of the molecule is CN=C(NCC1CCN(C)CC1)N1CC2CCCCC2C1. The molecule has 4 heteroatoms. The molecule has 0 bridgehead atoms. The summed E-state index contributed by atoms with van der Waals surface area (Å²) >= 11 is 0. The molecule has 2 atom stereocenters. The maximum absolute atomic E-state index is 4.55. The van der Waals surface area contributed by atoms with Gasteiger partial charge in [0.05, 0.1) is 0 Å². The van der Waals surface area contributed by atoms with Gasteiger partial charge in [0.1, 0.15) is 0 Å². The van der Waals surface area contributed by atoms with Crippen LogP contribution in [0.3, 0.4) is 0 Å². The summed E-state index contributed by atoms with van der Waals surface area (Å²) in [5, 5.41) is 3.66. The Kier molecular flexibility index (Phi) is 5.04. The summed E-state index contributed by atoms with van der Waals surface area (Å²) in [5.74, 6) is 3.84. The monoisotopic (exact) mass is 292 g/mol. The van der Waals surface area contributed by atoms with Gasteiger partial charge in [0.15, 0.2) is 5.96 Å². The Bertz CT molecular complexity index is 346. The maximum atomic E-state index is 4.55. The number of hydrogen-bond donors (Lipinski definition) is 1. The molecule has 2 aliphatic heterocycles. The van der Waals surface area contributed by atoms with Crippen molar-refractivity contribution >= 4 is 5.96 Å². The van der Waals surface area contributed by atoms with Crippen molar-refractivity contribution in [3.8, 4) is 0 Å². The van der Waals surface area contributed by atoms with Gasteiger partial charge in [-0.25, -0.2) is 0 Å². The predicted octanol–water partition coefficient (Wildman–Crippen LogP) is 2.03. The van der Waals surface area contributed by atoms with Crippen LogP contribution in [0.2, 0.25) is 0 Å². The van der Waals surface area contributed by atoms with Crippen molar-refractivity contribution in [2.45, 2.75) is 38.5 Å². The molecule has 1 N–H and O–H groups in total. The lowest BCUT2D eigenvalue weighted by Gasteiger charge is -2.30. The van der Waals surface area contributed by atoms with Crippen LogP contribution >= 0.6 is 0 Å². The third-order valence-electron chi connectivity index (χ3n) is 5.87. The second kappa shape index (κ2) is 6.99. The predicted molar refractivity (Wildman–Crippen MR) is 88.6 cm³/mol. The Morgan fingerprint density at radius 2 is 1.67 bits per heavy atom. The van der Waals surface area contributed by atoms with Gasteiger partial charge >= 0.3 is 0 Å². The highest BCUT2D eigenvalue weighted by molar-refractivity contribution is 5.80. The Morgan fingerprint density at radius 1 is 1.05 bits per heavy atom. The molecular weight excluding hydrogens is 260 g/mol. The number of aliphatic imine (C=N–C) groups is 1. The van der Waals surface area contributed by atoms with Crippen LogP contribution in [0.15, 0.2) is 4.99 Å². The minimum atomic E-state index is 0.822. The van der Waals surface area contributed by atoms with Gasteiger partial charge in [-0.2, -0.15) is 0 Å². The summed E-state index contributed by atoms with van der Waals surface area (Å²) in [7, 11) is 4.17. The van der Waals surface area contributed by atoms with Gasteiger partial charge in [0, 0.05) is 26.7 Å². The Hall–Kier alpha value is -0.770. The van der Waals surface area contributed by atoms with Gasteiger partial charge in [-0.3, -0.25) is 4.99 Å². The standard InChI is InChI=1S/C17H32N4/c1-18-17(19-11-14-7-9-20(2)10-8-14)21-12-15-5-3-4-6-16(15)13-21/h14-16H,3-13H2,1-2H3,(H,18,19). The topological polar surface area (TPSA) is 30.9 Å². The van der Waals surface area contributed by atoms with Crippen molar-refractivity contribution in [1.29, 1.82) is 0 Å². The van der Waals surface area contributed by atoms with Crippen LogP contribution in [0, 0.1) is 17.8 Å². The van der Waals surface area contributed by atoms with E-state index < -0.39 is 0 Å². The van der Waals surface area contributed by atoms with Crippen molar-refractivity contribution in [3.63, 3.8) is 0 Å². The Morgan fingerprint density at radius 3 is 2.24 bits per heavy atom. The van der Waals surface area contributed by atoms with Gasteiger partial charge < -0.3 is 15.1 Å². The number of piperidine rings is 1. The zero-order valence-electron chi connectivity index (χ0n) is 13.9. The molecule has 2 heterocycles. The molecule has 2 saturated heterocycles. The van der Waals surface area contributed by atoms with Crippen LogP contribution in [-0.4, -0.2) is 62.6 Å². The molecule has 3 fully saturated rings. The van der Waals surface area contributed by atoms with Crippen LogP contribution in [0.25, 0.3) is 0 Å². The highest BCUT2D eigenvalue weighted by Gasteiger charge is 2.35. The first-order valence-electron chi connectivity index (χ1n) is 8.90. The van der Waals surface area contributed by atoms with Crippen LogP contribution in [-0.2, 0) is 0 Å². The quantitative estimate of drug-likeness (QED) is 0.624. The third kappa shape index (κ3) is 3.71. The van der Waals surface area contributed by atoms with E-state index in [1.807, 2.05) is 7.05 Å². The molecule has 0 spiro atoms. The van der Waals surface area contributed by atoms with Crippen LogP contribution < -0.4 is 5.32 Å². The minimum Gasteiger partial charge on any atom is -0.356 e. The van der Waals surface area contributed by atoms with E-state index in [-0.39, 0.29) is 0 Å². The van der Waals surface area contributed by atoms with E-state index in [1.165, 1.54) is 64.7 Å². The molecule has 1 saturated carbocycles. The molecule has 2 unspecified atom stereocenters. The number of fused-ring (bicyclic) bond motifs is 1. The molecule has 0 aromatic rings. The third-order valence-corrected chi connectivity index (χ3v) is 5.87. The average molecular weight is 292 g/mol. The molecule has 0 amide bonds. The molecule has 1 aliphatic carbocycles. The highest BCUT2D eigenvalue weighted by atomic mass is 15.3. The number of nitrogens with one attached hydrogen (secondary N) is 1. The minimum absolute atomic E-state index is 0.822. The van der Waals surface area contributed by atoms with E-state index >= 15 is 0 Å². The Balaban J connectivity index is 1.47. The first kappa shape index (κ1) is 15.1. The molecule has 0 aromatic carbocycles. The highest BCUT2D eigenvalue weighted by Crippen LogP contribution is 2.35. The molecule has 120 valence electrons. The van der Waals surface area contributed by atoms with E-state index in [0.717, 1.165) is 30.3 Å². The summed E-state index contributed by atoms with van der Waals surface area (Å²) < 4.78 is 0. The number of likely N-dealkylation sites (tertiary alicyclic amines) is 2. The van der Waals surface area contributed by atoms with Gasteiger partial charge in [-0.15, -0.1) is 0 Å². The summed E-state index contributed by atoms with van der Waals surface area (Å²) in [5.41, 5.74) is 0. The van der Waals surface area contributed by atoms with Crippen molar-refractivity contribution in [3.05, 3.63) is 0 Å². The van der Waals surface area contributed by atoms with E-state index in [9.17, 15) is 0 Å².